The van der Waals surface area contributed by atoms with E-state index in [0.717, 1.165) is 17.8 Å². The second-order valence-corrected chi connectivity index (χ2v) is 6.80. The first-order valence-electron chi connectivity index (χ1n) is 7.82. The molecule has 1 aromatic heterocycles. The zero-order valence-electron chi connectivity index (χ0n) is 14.1. The molecule has 27 heavy (non-hydrogen) atoms. The largest absolute Gasteiger partial charge is 0.325 e. The van der Waals surface area contributed by atoms with Crippen LogP contribution in [0.3, 0.4) is 0 Å². The van der Waals surface area contributed by atoms with Gasteiger partial charge in [-0.15, -0.1) is 10.2 Å². The van der Waals surface area contributed by atoms with Gasteiger partial charge in [0.1, 0.15) is 6.33 Å². The van der Waals surface area contributed by atoms with Crippen molar-refractivity contribution >= 4 is 29.0 Å². The summed E-state index contributed by atoms with van der Waals surface area (Å²) >= 11 is 1.18. The highest BCUT2D eigenvalue weighted by Gasteiger charge is 2.20. The molecule has 0 aliphatic rings. The van der Waals surface area contributed by atoms with Gasteiger partial charge < -0.3 is 5.32 Å². The number of carbonyl (C=O) groups excluding carboxylic acids is 1. The van der Waals surface area contributed by atoms with E-state index < -0.39 is 27.6 Å². The Kier molecular flexibility index (Phi) is 5.46. The first kappa shape index (κ1) is 18.5. The zero-order chi connectivity index (χ0) is 19.4. The average molecular weight is 387 g/mol. The molecule has 3 aromatic rings. The van der Waals surface area contributed by atoms with E-state index in [9.17, 15) is 19.3 Å². The summed E-state index contributed by atoms with van der Waals surface area (Å²) in [6, 6.07) is 12.6. The third kappa shape index (κ3) is 4.29. The number of carbonyl (C=O) groups is 1. The van der Waals surface area contributed by atoms with Gasteiger partial charge in [-0.3, -0.25) is 19.5 Å². The fourth-order valence-electron chi connectivity index (χ4n) is 2.26. The van der Waals surface area contributed by atoms with Crippen LogP contribution < -0.4 is 5.32 Å². The van der Waals surface area contributed by atoms with E-state index >= 15 is 0 Å². The van der Waals surface area contributed by atoms with E-state index in [-0.39, 0.29) is 5.69 Å². The van der Waals surface area contributed by atoms with Crippen LogP contribution >= 0.6 is 11.8 Å². The Labute approximate surface area is 157 Å². The molecule has 0 unspecified atom stereocenters. The van der Waals surface area contributed by atoms with Crippen LogP contribution in [-0.4, -0.2) is 30.8 Å². The van der Waals surface area contributed by atoms with Crippen molar-refractivity contribution in [3.05, 3.63) is 70.8 Å². The van der Waals surface area contributed by atoms with E-state index in [1.807, 2.05) is 30.3 Å². The Hall–Kier alpha value is -3.27. The number of amides is 1. The van der Waals surface area contributed by atoms with Crippen molar-refractivity contribution in [2.75, 3.05) is 5.32 Å². The standard InChI is InChI=1S/C17H14FN5O3S/c1-11(16(24)20-12-7-8-14(18)15(9-12)23(25)26)27-17-21-19-10-22(17)13-5-3-2-4-6-13/h2-11H,1H3,(H,20,24)/t11-/m1/s1. The third-order valence-electron chi connectivity index (χ3n) is 3.61. The van der Waals surface area contributed by atoms with Gasteiger partial charge in [0.25, 0.3) is 0 Å². The zero-order valence-corrected chi connectivity index (χ0v) is 14.9. The average Bonchev–Trinajstić information content (AvgIpc) is 3.11. The highest BCUT2D eigenvalue weighted by molar-refractivity contribution is 8.00. The van der Waals surface area contributed by atoms with E-state index in [4.69, 9.17) is 0 Å². The molecule has 8 nitrogen and oxygen atoms in total. The highest BCUT2D eigenvalue weighted by Crippen LogP contribution is 2.26. The maximum atomic E-state index is 13.4. The number of benzene rings is 2. The highest BCUT2D eigenvalue weighted by atomic mass is 32.2. The first-order chi connectivity index (χ1) is 13.0. The maximum absolute atomic E-state index is 13.4. The maximum Gasteiger partial charge on any atom is 0.306 e. The summed E-state index contributed by atoms with van der Waals surface area (Å²) in [5, 5.41) is 21.2. The van der Waals surface area contributed by atoms with E-state index in [1.54, 1.807) is 17.8 Å². The lowest BCUT2D eigenvalue weighted by molar-refractivity contribution is -0.387. The Morgan fingerprint density at radius 1 is 1.30 bits per heavy atom. The van der Waals surface area contributed by atoms with Crippen molar-refractivity contribution < 1.29 is 14.1 Å². The number of nitro groups is 1. The molecule has 3 rings (SSSR count). The Bertz CT molecular complexity index is 980. The van der Waals surface area contributed by atoms with Gasteiger partial charge in [0.15, 0.2) is 5.16 Å². The molecule has 0 aliphatic carbocycles. The molecule has 0 bridgehead atoms. The number of anilines is 1. The summed E-state index contributed by atoms with van der Waals surface area (Å²) in [5.41, 5.74) is 0.300. The van der Waals surface area contributed by atoms with Crippen LogP contribution in [0.1, 0.15) is 6.92 Å². The summed E-state index contributed by atoms with van der Waals surface area (Å²) in [6.07, 6.45) is 1.55. The van der Waals surface area contributed by atoms with Gasteiger partial charge in [0.05, 0.1) is 10.2 Å². The van der Waals surface area contributed by atoms with Crippen LogP contribution in [0.4, 0.5) is 15.8 Å². The molecule has 138 valence electrons. The summed E-state index contributed by atoms with van der Waals surface area (Å²) in [5.74, 6) is -1.36. The van der Waals surface area contributed by atoms with E-state index in [0.29, 0.717) is 5.16 Å². The number of thioether (sulfide) groups is 1. The molecule has 0 spiro atoms. The summed E-state index contributed by atoms with van der Waals surface area (Å²) in [4.78, 5) is 22.4. The Morgan fingerprint density at radius 2 is 2.04 bits per heavy atom. The number of aromatic nitrogens is 3. The molecule has 0 radical (unpaired) electrons. The summed E-state index contributed by atoms with van der Waals surface area (Å²) in [7, 11) is 0. The molecule has 0 saturated heterocycles. The topological polar surface area (TPSA) is 103 Å². The van der Waals surface area contributed by atoms with Crippen LogP contribution in [0.25, 0.3) is 5.69 Å². The molecule has 0 fully saturated rings. The summed E-state index contributed by atoms with van der Waals surface area (Å²) in [6.45, 7) is 1.67. The number of nitro benzene ring substituents is 1. The normalized spacial score (nSPS) is 11.8. The molecule has 1 amide bonds. The predicted octanol–water partition coefficient (Wildman–Crippen LogP) is 3.43. The second kappa shape index (κ2) is 7.96. The molecular weight excluding hydrogens is 373 g/mol. The molecule has 2 aromatic carbocycles. The van der Waals surface area contributed by atoms with Crippen molar-refractivity contribution in [2.45, 2.75) is 17.3 Å². The van der Waals surface area contributed by atoms with Gasteiger partial charge in [0, 0.05) is 17.4 Å². The monoisotopic (exact) mass is 387 g/mol. The lowest BCUT2D eigenvalue weighted by Gasteiger charge is -2.12. The quantitative estimate of drug-likeness (QED) is 0.395. The molecule has 1 heterocycles. The number of rotatable bonds is 6. The Morgan fingerprint density at radius 3 is 2.74 bits per heavy atom. The first-order valence-corrected chi connectivity index (χ1v) is 8.70. The molecule has 0 saturated carbocycles. The van der Waals surface area contributed by atoms with Gasteiger partial charge >= 0.3 is 5.69 Å². The SMILES string of the molecule is C[C@@H](Sc1nncn1-c1ccccc1)C(=O)Nc1ccc(F)c([N+](=O)[O-])c1. The molecule has 1 N–H and O–H groups in total. The van der Waals surface area contributed by atoms with Gasteiger partial charge in [0.2, 0.25) is 11.7 Å². The number of hydrogen-bond donors (Lipinski definition) is 1. The lowest BCUT2D eigenvalue weighted by Crippen LogP contribution is -2.23. The molecule has 1 atom stereocenters. The minimum atomic E-state index is -0.962. The summed E-state index contributed by atoms with van der Waals surface area (Å²) < 4.78 is 15.1. The number of halogens is 1. The minimum Gasteiger partial charge on any atom is -0.325 e. The van der Waals surface area contributed by atoms with E-state index in [1.165, 1.54) is 17.8 Å². The van der Waals surface area contributed by atoms with Crippen LogP contribution in [0.2, 0.25) is 0 Å². The number of hydrogen-bond acceptors (Lipinski definition) is 6. The molecule has 0 aliphatic heterocycles. The fraction of sp³-hybridized carbons (Fsp3) is 0.118. The van der Waals surface area contributed by atoms with Crippen LogP contribution in [0.5, 0.6) is 0 Å². The van der Waals surface area contributed by atoms with Gasteiger partial charge in [-0.1, -0.05) is 30.0 Å². The van der Waals surface area contributed by atoms with Crippen molar-refractivity contribution in [1.29, 1.82) is 0 Å². The second-order valence-electron chi connectivity index (χ2n) is 5.49. The lowest BCUT2D eigenvalue weighted by atomic mass is 10.2. The Balaban J connectivity index is 1.72. The number of para-hydroxylation sites is 1. The van der Waals surface area contributed by atoms with Crippen LogP contribution in [0.15, 0.2) is 60.0 Å². The molecule has 10 heteroatoms. The van der Waals surface area contributed by atoms with Gasteiger partial charge in [-0.05, 0) is 31.2 Å². The van der Waals surface area contributed by atoms with Gasteiger partial charge in [-0.2, -0.15) is 4.39 Å². The molecular formula is C17H14FN5O3S. The smallest absolute Gasteiger partial charge is 0.306 e. The van der Waals surface area contributed by atoms with Crippen molar-refractivity contribution in [2.24, 2.45) is 0 Å². The van der Waals surface area contributed by atoms with Gasteiger partial charge in [-0.25, -0.2) is 0 Å². The third-order valence-corrected chi connectivity index (χ3v) is 4.67. The van der Waals surface area contributed by atoms with Crippen LogP contribution in [0, 0.1) is 15.9 Å². The van der Waals surface area contributed by atoms with Crippen molar-refractivity contribution in [3.8, 4) is 5.69 Å². The van der Waals surface area contributed by atoms with Crippen molar-refractivity contribution in [3.63, 3.8) is 0 Å². The number of nitrogens with zero attached hydrogens (tertiary/aromatic N) is 4. The number of nitrogens with one attached hydrogen (secondary N) is 1. The fourth-order valence-corrected chi connectivity index (χ4v) is 3.10. The minimum absolute atomic E-state index is 0.144. The van der Waals surface area contributed by atoms with E-state index in [2.05, 4.69) is 15.5 Å². The van der Waals surface area contributed by atoms with Crippen molar-refractivity contribution in [1.82, 2.24) is 14.8 Å². The van der Waals surface area contributed by atoms with Crippen LogP contribution in [-0.2, 0) is 4.79 Å². The predicted molar refractivity (Wildman–Crippen MR) is 98.4 cm³/mol.